The molecule has 0 unspecified atom stereocenters. The van der Waals surface area contributed by atoms with E-state index < -0.39 is 0 Å². The van der Waals surface area contributed by atoms with E-state index in [0.717, 1.165) is 24.1 Å². The highest BCUT2D eigenvalue weighted by Gasteiger charge is 2.02. The van der Waals surface area contributed by atoms with Crippen molar-refractivity contribution in [1.29, 1.82) is 0 Å². The molecule has 0 bridgehead atoms. The molecule has 0 fully saturated rings. The number of benzene rings is 1. The molecule has 1 amide bonds. The van der Waals surface area contributed by atoms with E-state index in [4.69, 9.17) is 5.73 Å². The van der Waals surface area contributed by atoms with Crippen molar-refractivity contribution in [2.45, 2.75) is 19.8 Å². The van der Waals surface area contributed by atoms with Crippen LogP contribution in [0.5, 0.6) is 0 Å². The van der Waals surface area contributed by atoms with Crippen LogP contribution in [0.2, 0.25) is 0 Å². The van der Waals surface area contributed by atoms with Gasteiger partial charge < -0.3 is 11.1 Å². The molecule has 0 aliphatic carbocycles. The summed E-state index contributed by atoms with van der Waals surface area (Å²) in [5.74, 6) is 0.330. The number of rotatable bonds is 5. The van der Waals surface area contributed by atoms with Gasteiger partial charge in [0.05, 0.1) is 0 Å². The quantitative estimate of drug-likeness (QED) is 0.576. The first-order chi connectivity index (χ1) is 9.67. The minimum atomic E-state index is -0.212. The van der Waals surface area contributed by atoms with Gasteiger partial charge in [-0.3, -0.25) is 9.89 Å². The van der Waals surface area contributed by atoms with Crippen LogP contribution in [0.3, 0.4) is 0 Å². The van der Waals surface area contributed by atoms with Gasteiger partial charge in [-0.15, -0.1) is 0 Å². The molecule has 2 rings (SSSR count). The molecule has 0 saturated carbocycles. The molecular formula is C15H18N4O. The molecule has 1 aromatic heterocycles. The molecule has 0 saturated heterocycles. The Morgan fingerprint density at radius 1 is 1.40 bits per heavy atom. The Kier molecular flexibility index (Phi) is 4.55. The molecule has 1 aromatic carbocycles. The molecular weight excluding hydrogens is 252 g/mol. The third-order valence-electron chi connectivity index (χ3n) is 2.77. The van der Waals surface area contributed by atoms with E-state index in [9.17, 15) is 4.79 Å². The smallest absolute Gasteiger partial charge is 0.249 e. The number of carbonyl (C=O) groups is 1. The first kappa shape index (κ1) is 13.9. The fourth-order valence-electron chi connectivity index (χ4n) is 1.77. The number of nitrogens with zero attached hydrogens (tertiary/aromatic N) is 1. The SMILES string of the molecule is CCCc1cc(NC(=O)/C=C/c2ccc(N)cc2)n[nH]1. The van der Waals surface area contributed by atoms with Gasteiger partial charge in [-0.05, 0) is 30.2 Å². The number of aromatic amines is 1. The second-order valence-corrected chi connectivity index (χ2v) is 4.52. The molecule has 20 heavy (non-hydrogen) atoms. The van der Waals surface area contributed by atoms with E-state index in [0.29, 0.717) is 11.5 Å². The van der Waals surface area contributed by atoms with Crippen molar-refractivity contribution in [2.24, 2.45) is 0 Å². The van der Waals surface area contributed by atoms with E-state index in [-0.39, 0.29) is 5.91 Å². The highest BCUT2D eigenvalue weighted by Crippen LogP contribution is 2.09. The van der Waals surface area contributed by atoms with Crippen molar-refractivity contribution < 1.29 is 4.79 Å². The van der Waals surface area contributed by atoms with E-state index in [1.165, 1.54) is 6.08 Å². The predicted octanol–water partition coefficient (Wildman–Crippen LogP) is 2.60. The van der Waals surface area contributed by atoms with Crippen LogP contribution in [0.4, 0.5) is 11.5 Å². The summed E-state index contributed by atoms with van der Waals surface area (Å²) in [5.41, 5.74) is 8.24. The van der Waals surface area contributed by atoms with E-state index in [1.807, 2.05) is 18.2 Å². The van der Waals surface area contributed by atoms with Gasteiger partial charge in [0.2, 0.25) is 5.91 Å². The van der Waals surface area contributed by atoms with Crippen LogP contribution in [0, 0.1) is 0 Å². The fourth-order valence-corrected chi connectivity index (χ4v) is 1.77. The minimum absolute atomic E-state index is 0.212. The number of aromatic nitrogens is 2. The van der Waals surface area contributed by atoms with Gasteiger partial charge >= 0.3 is 0 Å². The number of H-pyrrole nitrogens is 1. The molecule has 104 valence electrons. The van der Waals surface area contributed by atoms with Crippen LogP contribution in [0.1, 0.15) is 24.6 Å². The number of nitrogen functional groups attached to an aromatic ring is 1. The normalized spacial score (nSPS) is 10.8. The van der Waals surface area contributed by atoms with Gasteiger partial charge in [0.15, 0.2) is 5.82 Å². The molecule has 0 atom stereocenters. The lowest BCUT2D eigenvalue weighted by Gasteiger charge is -1.97. The summed E-state index contributed by atoms with van der Waals surface area (Å²) in [4.78, 5) is 11.7. The van der Waals surface area contributed by atoms with Crippen LogP contribution in [-0.4, -0.2) is 16.1 Å². The standard InChI is InChI=1S/C15H18N4O/c1-2-3-13-10-14(19-18-13)17-15(20)9-6-11-4-7-12(16)8-5-11/h4-10H,2-3,16H2,1H3,(H2,17,18,19,20)/b9-6+. The summed E-state index contributed by atoms with van der Waals surface area (Å²) in [7, 11) is 0. The molecule has 2 aromatic rings. The maximum Gasteiger partial charge on any atom is 0.249 e. The summed E-state index contributed by atoms with van der Waals surface area (Å²) in [6, 6.07) is 9.14. The van der Waals surface area contributed by atoms with Crippen molar-refractivity contribution in [3.05, 3.63) is 47.7 Å². The number of amides is 1. The van der Waals surface area contributed by atoms with E-state index in [1.54, 1.807) is 18.2 Å². The lowest BCUT2D eigenvalue weighted by atomic mass is 10.2. The lowest BCUT2D eigenvalue weighted by molar-refractivity contribution is -0.111. The zero-order valence-electron chi connectivity index (χ0n) is 11.4. The largest absolute Gasteiger partial charge is 0.399 e. The van der Waals surface area contributed by atoms with Crippen LogP contribution in [-0.2, 0) is 11.2 Å². The van der Waals surface area contributed by atoms with Gasteiger partial charge in [-0.1, -0.05) is 25.5 Å². The number of aryl methyl sites for hydroxylation is 1. The van der Waals surface area contributed by atoms with Crippen LogP contribution in [0.25, 0.3) is 6.08 Å². The first-order valence-corrected chi connectivity index (χ1v) is 6.56. The highest BCUT2D eigenvalue weighted by molar-refractivity contribution is 6.01. The van der Waals surface area contributed by atoms with Gasteiger partial charge in [0.1, 0.15) is 0 Å². The predicted molar refractivity (Wildman–Crippen MR) is 81.1 cm³/mol. The Hall–Kier alpha value is -2.56. The molecule has 0 aliphatic heterocycles. The monoisotopic (exact) mass is 270 g/mol. The Morgan fingerprint density at radius 3 is 2.85 bits per heavy atom. The second-order valence-electron chi connectivity index (χ2n) is 4.52. The van der Waals surface area contributed by atoms with E-state index in [2.05, 4.69) is 22.4 Å². The number of carbonyl (C=O) groups excluding carboxylic acids is 1. The number of nitrogens with two attached hydrogens (primary N) is 1. The number of nitrogens with one attached hydrogen (secondary N) is 2. The van der Waals surface area contributed by atoms with Crippen molar-refractivity contribution in [2.75, 3.05) is 11.1 Å². The topological polar surface area (TPSA) is 83.8 Å². The molecule has 0 radical (unpaired) electrons. The molecule has 0 aliphatic rings. The van der Waals surface area contributed by atoms with Gasteiger partial charge in [-0.25, -0.2) is 0 Å². The van der Waals surface area contributed by atoms with Crippen molar-refractivity contribution in [3.63, 3.8) is 0 Å². The third kappa shape index (κ3) is 3.98. The zero-order chi connectivity index (χ0) is 14.4. The van der Waals surface area contributed by atoms with Crippen LogP contribution in [0.15, 0.2) is 36.4 Å². The molecule has 5 nitrogen and oxygen atoms in total. The third-order valence-corrected chi connectivity index (χ3v) is 2.77. The number of hydrogen-bond acceptors (Lipinski definition) is 3. The number of anilines is 2. The minimum Gasteiger partial charge on any atom is -0.399 e. The molecule has 0 spiro atoms. The van der Waals surface area contributed by atoms with Crippen LogP contribution >= 0.6 is 0 Å². The summed E-state index contributed by atoms with van der Waals surface area (Å²) in [5, 5.41) is 9.63. The molecule has 4 N–H and O–H groups in total. The highest BCUT2D eigenvalue weighted by atomic mass is 16.1. The van der Waals surface area contributed by atoms with Crippen molar-refractivity contribution in [3.8, 4) is 0 Å². The lowest BCUT2D eigenvalue weighted by Crippen LogP contribution is -2.07. The van der Waals surface area contributed by atoms with Gasteiger partial charge in [0.25, 0.3) is 0 Å². The molecule has 1 heterocycles. The van der Waals surface area contributed by atoms with Crippen LogP contribution < -0.4 is 11.1 Å². The number of hydrogen-bond donors (Lipinski definition) is 3. The maximum absolute atomic E-state index is 11.7. The summed E-state index contributed by atoms with van der Waals surface area (Å²) in [6.45, 7) is 2.09. The summed E-state index contributed by atoms with van der Waals surface area (Å²) >= 11 is 0. The Morgan fingerprint density at radius 2 is 2.15 bits per heavy atom. The second kappa shape index (κ2) is 6.56. The Balaban J connectivity index is 1.92. The van der Waals surface area contributed by atoms with Gasteiger partial charge in [-0.2, -0.15) is 5.10 Å². The summed E-state index contributed by atoms with van der Waals surface area (Å²) in [6.07, 6.45) is 5.16. The average Bonchev–Trinajstić information content (AvgIpc) is 2.86. The van der Waals surface area contributed by atoms with Crippen molar-refractivity contribution >= 4 is 23.5 Å². The van der Waals surface area contributed by atoms with Crippen molar-refractivity contribution in [1.82, 2.24) is 10.2 Å². The van der Waals surface area contributed by atoms with E-state index >= 15 is 0 Å². The van der Waals surface area contributed by atoms with Gasteiger partial charge in [0, 0.05) is 23.5 Å². The average molecular weight is 270 g/mol. The first-order valence-electron chi connectivity index (χ1n) is 6.56. The molecule has 5 heteroatoms. The fraction of sp³-hybridized carbons (Fsp3) is 0.200. The zero-order valence-corrected chi connectivity index (χ0v) is 11.4. The maximum atomic E-state index is 11.7. The Bertz CT molecular complexity index is 599. The summed E-state index contributed by atoms with van der Waals surface area (Å²) < 4.78 is 0. The Labute approximate surface area is 117 Å².